The van der Waals surface area contributed by atoms with Crippen LogP contribution in [0.2, 0.25) is 5.02 Å². The van der Waals surface area contributed by atoms with Crippen LogP contribution in [0.25, 0.3) is 21.7 Å². The van der Waals surface area contributed by atoms with Crippen molar-refractivity contribution in [2.75, 3.05) is 11.9 Å². The molecule has 4 aromatic rings. The highest BCUT2D eigenvalue weighted by molar-refractivity contribution is 6.35. The Morgan fingerprint density at radius 1 is 0.833 bits per heavy atom. The zero-order valence-corrected chi connectivity index (χ0v) is 13.9. The first-order valence-corrected chi connectivity index (χ1v) is 8.44. The normalized spacial score (nSPS) is 11.0. The van der Waals surface area contributed by atoms with Gasteiger partial charge in [0, 0.05) is 23.8 Å². The van der Waals surface area contributed by atoms with Gasteiger partial charge in [-0.2, -0.15) is 0 Å². The summed E-state index contributed by atoms with van der Waals surface area (Å²) < 4.78 is 0. The molecule has 1 heterocycles. The smallest absolute Gasteiger partial charge is 0.0908 e. The molecule has 0 bridgehead atoms. The summed E-state index contributed by atoms with van der Waals surface area (Å²) in [6, 6.07) is 22.9. The minimum Gasteiger partial charge on any atom is -0.384 e. The van der Waals surface area contributed by atoms with Gasteiger partial charge >= 0.3 is 0 Å². The van der Waals surface area contributed by atoms with Crippen molar-refractivity contribution in [3.8, 4) is 0 Å². The Balaban J connectivity index is 1.57. The van der Waals surface area contributed by atoms with Gasteiger partial charge in [0.15, 0.2) is 0 Å². The zero-order valence-electron chi connectivity index (χ0n) is 13.2. The average molecular weight is 333 g/mol. The summed E-state index contributed by atoms with van der Waals surface area (Å²) in [4.78, 5) is 4.38. The van der Waals surface area contributed by atoms with Crippen LogP contribution in [0.3, 0.4) is 0 Å². The number of hydrogen-bond acceptors (Lipinski definition) is 2. The van der Waals surface area contributed by atoms with E-state index in [-0.39, 0.29) is 0 Å². The number of halogens is 1. The number of para-hydroxylation sites is 1. The highest BCUT2D eigenvalue weighted by Gasteiger charge is 2.05. The van der Waals surface area contributed by atoms with Gasteiger partial charge in [-0.25, -0.2) is 0 Å². The van der Waals surface area contributed by atoms with Crippen LogP contribution in [0.1, 0.15) is 5.56 Å². The molecule has 118 valence electrons. The fraction of sp³-hybridized carbons (Fsp3) is 0.0952. The molecule has 0 unspecified atom stereocenters. The largest absolute Gasteiger partial charge is 0.384 e. The molecule has 0 saturated carbocycles. The first kappa shape index (κ1) is 15.0. The number of nitrogens with one attached hydrogen (secondary N) is 1. The molecule has 2 nitrogen and oxygen atoms in total. The van der Waals surface area contributed by atoms with Crippen molar-refractivity contribution in [2.45, 2.75) is 6.42 Å². The Bertz CT molecular complexity index is 1010. The Labute approximate surface area is 146 Å². The second-order valence-corrected chi connectivity index (χ2v) is 6.22. The van der Waals surface area contributed by atoms with Crippen LogP contribution >= 0.6 is 11.6 Å². The molecule has 3 heteroatoms. The Hall–Kier alpha value is -2.58. The van der Waals surface area contributed by atoms with Crippen LogP contribution in [0.15, 0.2) is 72.9 Å². The molecule has 0 aliphatic rings. The molecular weight excluding hydrogens is 316 g/mol. The fourth-order valence-corrected chi connectivity index (χ4v) is 3.36. The number of nitrogens with zero attached hydrogens (tertiary/aromatic N) is 1. The van der Waals surface area contributed by atoms with Crippen LogP contribution in [0.5, 0.6) is 0 Å². The van der Waals surface area contributed by atoms with E-state index in [1.165, 1.54) is 16.3 Å². The SMILES string of the molecule is Clc1cccc2c(NCCc3cccc4ccccc34)ccnc12. The highest BCUT2D eigenvalue weighted by atomic mass is 35.5. The van der Waals surface area contributed by atoms with Gasteiger partial charge in [-0.3, -0.25) is 4.98 Å². The van der Waals surface area contributed by atoms with Crippen molar-refractivity contribution in [1.29, 1.82) is 0 Å². The summed E-state index contributed by atoms with van der Waals surface area (Å²) in [5.41, 5.74) is 3.27. The lowest BCUT2D eigenvalue weighted by atomic mass is 10.0. The predicted octanol–water partition coefficient (Wildman–Crippen LogP) is 5.70. The third kappa shape index (κ3) is 2.81. The standard InChI is InChI=1S/C21H17ClN2/c22-19-10-4-9-18-20(12-14-24-21(18)19)23-13-11-16-7-3-6-15-5-1-2-8-17(15)16/h1-10,12,14H,11,13H2,(H,23,24). The number of hydrogen-bond donors (Lipinski definition) is 1. The van der Waals surface area contributed by atoms with Gasteiger partial charge in [0.1, 0.15) is 0 Å². The van der Waals surface area contributed by atoms with Crippen LogP contribution in [0, 0.1) is 0 Å². The van der Waals surface area contributed by atoms with E-state index in [0.717, 1.165) is 29.6 Å². The molecule has 3 aromatic carbocycles. The van der Waals surface area contributed by atoms with Crippen LogP contribution in [-0.2, 0) is 6.42 Å². The van der Waals surface area contributed by atoms with E-state index in [1.807, 2.05) is 18.2 Å². The van der Waals surface area contributed by atoms with Gasteiger partial charge in [0.25, 0.3) is 0 Å². The summed E-state index contributed by atoms with van der Waals surface area (Å²) >= 11 is 6.23. The first-order chi connectivity index (χ1) is 11.8. The molecule has 24 heavy (non-hydrogen) atoms. The van der Waals surface area contributed by atoms with E-state index in [4.69, 9.17) is 11.6 Å². The second-order valence-electron chi connectivity index (χ2n) is 5.81. The highest BCUT2D eigenvalue weighted by Crippen LogP contribution is 2.27. The summed E-state index contributed by atoms with van der Waals surface area (Å²) in [5, 5.41) is 7.88. The van der Waals surface area contributed by atoms with E-state index in [1.54, 1.807) is 6.20 Å². The van der Waals surface area contributed by atoms with E-state index in [0.29, 0.717) is 5.02 Å². The monoisotopic (exact) mass is 332 g/mol. The quantitative estimate of drug-likeness (QED) is 0.519. The van der Waals surface area contributed by atoms with Gasteiger partial charge in [-0.05, 0) is 34.9 Å². The van der Waals surface area contributed by atoms with Gasteiger partial charge in [0.2, 0.25) is 0 Å². The molecule has 0 aliphatic heterocycles. The lowest BCUT2D eigenvalue weighted by Crippen LogP contribution is -2.06. The van der Waals surface area contributed by atoms with Crippen molar-refractivity contribution in [1.82, 2.24) is 4.98 Å². The molecule has 0 spiro atoms. The molecule has 0 saturated heterocycles. The Kier molecular flexibility index (Phi) is 4.06. The molecule has 0 fully saturated rings. The predicted molar refractivity (Wildman–Crippen MR) is 103 cm³/mol. The van der Waals surface area contributed by atoms with Crippen LogP contribution < -0.4 is 5.32 Å². The number of fused-ring (bicyclic) bond motifs is 2. The van der Waals surface area contributed by atoms with E-state index in [2.05, 4.69) is 58.8 Å². The molecule has 0 aliphatic carbocycles. The molecule has 1 aromatic heterocycles. The number of benzene rings is 3. The molecule has 1 N–H and O–H groups in total. The minimum atomic E-state index is 0.685. The number of pyridine rings is 1. The number of anilines is 1. The molecule has 0 atom stereocenters. The summed E-state index contributed by atoms with van der Waals surface area (Å²) in [7, 11) is 0. The second kappa shape index (κ2) is 6.50. The topological polar surface area (TPSA) is 24.9 Å². The number of aromatic nitrogens is 1. The molecule has 4 rings (SSSR count). The van der Waals surface area contributed by atoms with Crippen molar-refractivity contribution in [3.05, 3.63) is 83.5 Å². The maximum atomic E-state index is 6.23. The van der Waals surface area contributed by atoms with Crippen molar-refractivity contribution >= 4 is 39.0 Å². The summed E-state index contributed by atoms with van der Waals surface area (Å²) in [6.45, 7) is 0.861. The van der Waals surface area contributed by atoms with E-state index < -0.39 is 0 Å². The Morgan fingerprint density at radius 2 is 1.62 bits per heavy atom. The third-order valence-corrected chi connectivity index (χ3v) is 4.62. The Morgan fingerprint density at radius 3 is 2.58 bits per heavy atom. The van der Waals surface area contributed by atoms with E-state index >= 15 is 0 Å². The van der Waals surface area contributed by atoms with Gasteiger partial charge in [0.05, 0.1) is 10.5 Å². The zero-order chi connectivity index (χ0) is 16.4. The van der Waals surface area contributed by atoms with Crippen molar-refractivity contribution in [3.63, 3.8) is 0 Å². The molecule has 0 radical (unpaired) electrons. The lowest BCUT2D eigenvalue weighted by molar-refractivity contribution is 1.03. The summed E-state index contributed by atoms with van der Waals surface area (Å²) in [5.74, 6) is 0. The molecular formula is C21H17ClN2. The van der Waals surface area contributed by atoms with E-state index in [9.17, 15) is 0 Å². The van der Waals surface area contributed by atoms with Gasteiger partial charge in [-0.1, -0.05) is 66.2 Å². The van der Waals surface area contributed by atoms with Crippen LogP contribution in [-0.4, -0.2) is 11.5 Å². The fourth-order valence-electron chi connectivity index (χ4n) is 3.14. The molecule has 0 amide bonds. The first-order valence-electron chi connectivity index (χ1n) is 8.07. The maximum Gasteiger partial charge on any atom is 0.0908 e. The minimum absolute atomic E-state index is 0.685. The summed E-state index contributed by atoms with van der Waals surface area (Å²) in [6.07, 6.45) is 2.76. The number of rotatable bonds is 4. The van der Waals surface area contributed by atoms with Gasteiger partial charge < -0.3 is 5.32 Å². The average Bonchev–Trinajstić information content (AvgIpc) is 2.63. The van der Waals surface area contributed by atoms with Crippen molar-refractivity contribution < 1.29 is 0 Å². The van der Waals surface area contributed by atoms with Gasteiger partial charge in [-0.15, -0.1) is 0 Å². The third-order valence-electron chi connectivity index (χ3n) is 4.31. The maximum absolute atomic E-state index is 6.23. The van der Waals surface area contributed by atoms with Crippen LogP contribution in [0.4, 0.5) is 5.69 Å². The van der Waals surface area contributed by atoms with Crippen molar-refractivity contribution in [2.24, 2.45) is 0 Å². The lowest BCUT2D eigenvalue weighted by Gasteiger charge is -2.11.